The van der Waals surface area contributed by atoms with Crippen molar-refractivity contribution in [3.63, 3.8) is 0 Å². The standard InChI is InChI=1S/C9H9BrN2O2S/c10-3-6(13)4-12-5-11-8-7(9(12)14)1-2-15-8/h1-2,5-6,13H,3-4H2. The summed E-state index contributed by atoms with van der Waals surface area (Å²) in [5.41, 5.74) is -0.0961. The molecule has 1 N–H and O–H groups in total. The molecule has 1 atom stereocenters. The van der Waals surface area contributed by atoms with Crippen molar-refractivity contribution in [3.8, 4) is 0 Å². The Kier molecular flexibility index (Phi) is 3.18. The number of alkyl halides is 1. The Labute approximate surface area is 98.3 Å². The zero-order valence-electron chi connectivity index (χ0n) is 7.76. The first kappa shape index (κ1) is 10.8. The largest absolute Gasteiger partial charge is 0.390 e. The van der Waals surface area contributed by atoms with Gasteiger partial charge in [0.05, 0.1) is 24.4 Å². The summed E-state index contributed by atoms with van der Waals surface area (Å²) in [4.78, 5) is 16.7. The van der Waals surface area contributed by atoms with Crippen LogP contribution in [0.1, 0.15) is 0 Å². The average molecular weight is 289 g/mol. The van der Waals surface area contributed by atoms with E-state index in [-0.39, 0.29) is 12.1 Å². The zero-order chi connectivity index (χ0) is 10.8. The molecule has 0 aliphatic rings. The van der Waals surface area contributed by atoms with Crippen molar-refractivity contribution in [2.24, 2.45) is 0 Å². The number of hydrogen-bond donors (Lipinski definition) is 1. The van der Waals surface area contributed by atoms with Crippen molar-refractivity contribution in [3.05, 3.63) is 28.1 Å². The lowest BCUT2D eigenvalue weighted by Gasteiger charge is -2.08. The van der Waals surface area contributed by atoms with Crippen LogP contribution in [-0.2, 0) is 6.54 Å². The predicted octanol–water partition coefficient (Wildman–Crippen LogP) is 1.21. The van der Waals surface area contributed by atoms with Crippen molar-refractivity contribution in [2.45, 2.75) is 12.6 Å². The van der Waals surface area contributed by atoms with Crippen LogP contribution >= 0.6 is 27.3 Å². The highest BCUT2D eigenvalue weighted by molar-refractivity contribution is 9.09. The number of hydrogen-bond acceptors (Lipinski definition) is 4. The van der Waals surface area contributed by atoms with Gasteiger partial charge in [-0.1, -0.05) is 15.9 Å². The molecule has 0 aromatic carbocycles. The molecule has 2 aromatic rings. The van der Waals surface area contributed by atoms with Gasteiger partial charge >= 0.3 is 0 Å². The molecule has 0 aliphatic carbocycles. The van der Waals surface area contributed by atoms with Crippen molar-refractivity contribution in [2.75, 3.05) is 5.33 Å². The minimum Gasteiger partial charge on any atom is -0.390 e. The molecule has 4 nitrogen and oxygen atoms in total. The van der Waals surface area contributed by atoms with E-state index >= 15 is 0 Å². The van der Waals surface area contributed by atoms with Gasteiger partial charge in [-0.05, 0) is 11.4 Å². The molecule has 0 saturated heterocycles. The van der Waals surface area contributed by atoms with Gasteiger partial charge in [-0.15, -0.1) is 11.3 Å². The van der Waals surface area contributed by atoms with Gasteiger partial charge in [0.25, 0.3) is 5.56 Å². The quantitative estimate of drug-likeness (QED) is 0.864. The van der Waals surface area contributed by atoms with Crippen LogP contribution in [0.2, 0.25) is 0 Å². The lowest BCUT2D eigenvalue weighted by Crippen LogP contribution is -2.27. The van der Waals surface area contributed by atoms with Crippen LogP contribution in [0.15, 0.2) is 22.6 Å². The molecule has 6 heteroatoms. The van der Waals surface area contributed by atoms with E-state index in [0.29, 0.717) is 10.7 Å². The molecule has 2 heterocycles. The molecule has 2 aromatic heterocycles. The number of aliphatic hydroxyl groups is 1. The fourth-order valence-electron chi connectivity index (χ4n) is 1.30. The Morgan fingerprint density at radius 2 is 2.47 bits per heavy atom. The Morgan fingerprint density at radius 3 is 3.20 bits per heavy atom. The summed E-state index contributed by atoms with van der Waals surface area (Å²) in [6, 6.07) is 1.76. The number of aliphatic hydroxyl groups excluding tert-OH is 1. The molecule has 0 saturated carbocycles. The van der Waals surface area contributed by atoms with Crippen LogP contribution in [0, 0.1) is 0 Å². The smallest absolute Gasteiger partial charge is 0.262 e. The molecule has 0 amide bonds. The number of fused-ring (bicyclic) bond motifs is 1. The van der Waals surface area contributed by atoms with E-state index in [2.05, 4.69) is 20.9 Å². The molecule has 2 rings (SSSR count). The number of halogens is 1. The van der Waals surface area contributed by atoms with Crippen molar-refractivity contribution in [1.82, 2.24) is 9.55 Å². The van der Waals surface area contributed by atoms with Crippen LogP contribution in [0.4, 0.5) is 0 Å². The monoisotopic (exact) mass is 288 g/mol. The number of nitrogens with zero attached hydrogens (tertiary/aromatic N) is 2. The normalized spacial score (nSPS) is 13.2. The topological polar surface area (TPSA) is 55.1 Å². The molecule has 1 unspecified atom stereocenters. The molecule has 0 aliphatic heterocycles. The van der Waals surface area contributed by atoms with E-state index in [0.717, 1.165) is 4.83 Å². The van der Waals surface area contributed by atoms with Gasteiger partial charge in [0, 0.05) is 5.33 Å². The number of rotatable bonds is 3. The van der Waals surface area contributed by atoms with Crippen LogP contribution in [0.25, 0.3) is 10.2 Å². The van der Waals surface area contributed by atoms with Gasteiger partial charge in [-0.25, -0.2) is 4.98 Å². The van der Waals surface area contributed by atoms with Gasteiger partial charge < -0.3 is 5.11 Å². The average Bonchev–Trinajstić information content (AvgIpc) is 2.70. The first-order valence-electron chi connectivity index (χ1n) is 4.39. The van der Waals surface area contributed by atoms with Gasteiger partial charge in [-0.3, -0.25) is 9.36 Å². The molecule has 0 spiro atoms. The van der Waals surface area contributed by atoms with E-state index in [9.17, 15) is 9.90 Å². The molecule has 0 radical (unpaired) electrons. The molecule has 80 valence electrons. The zero-order valence-corrected chi connectivity index (χ0v) is 10.2. The van der Waals surface area contributed by atoms with Crippen LogP contribution < -0.4 is 5.56 Å². The summed E-state index contributed by atoms with van der Waals surface area (Å²) in [5.74, 6) is 0. The minimum absolute atomic E-state index is 0.0961. The van der Waals surface area contributed by atoms with Crippen molar-refractivity contribution in [1.29, 1.82) is 0 Å². The van der Waals surface area contributed by atoms with Gasteiger partial charge in [0.2, 0.25) is 0 Å². The maximum atomic E-state index is 11.8. The molecule has 0 fully saturated rings. The lowest BCUT2D eigenvalue weighted by molar-refractivity contribution is 0.177. The lowest BCUT2D eigenvalue weighted by atomic mass is 10.3. The van der Waals surface area contributed by atoms with Gasteiger partial charge in [-0.2, -0.15) is 0 Å². The first-order chi connectivity index (χ1) is 7.22. The summed E-state index contributed by atoms with van der Waals surface area (Å²) in [6.45, 7) is 0.267. The summed E-state index contributed by atoms with van der Waals surface area (Å²) < 4.78 is 1.43. The highest BCUT2D eigenvalue weighted by atomic mass is 79.9. The molecular weight excluding hydrogens is 280 g/mol. The second kappa shape index (κ2) is 4.42. The number of aromatic nitrogens is 2. The third kappa shape index (κ3) is 2.11. The van der Waals surface area contributed by atoms with Crippen molar-refractivity contribution >= 4 is 37.5 Å². The summed E-state index contributed by atoms with van der Waals surface area (Å²) in [6.07, 6.45) is 0.910. The Bertz CT molecular complexity index is 522. The van der Waals surface area contributed by atoms with Gasteiger partial charge in [0.15, 0.2) is 0 Å². The van der Waals surface area contributed by atoms with Crippen LogP contribution in [0.3, 0.4) is 0 Å². The van der Waals surface area contributed by atoms with Crippen LogP contribution in [-0.4, -0.2) is 26.1 Å². The van der Waals surface area contributed by atoms with E-state index in [1.165, 1.54) is 22.2 Å². The van der Waals surface area contributed by atoms with Crippen LogP contribution in [0.5, 0.6) is 0 Å². The number of thiophene rings is 1. The second-order valence-corrected chi connectivity index (χ2v) is 4.69. The highest BCUT2D eigenvalue weighted by Gasteiger charge is 2.08. The maximum Gasteiger partial charge on any atom is 0.262 e. The van der Waals surface area contributed by atoms with Crippen molar-refractivity contribution < 1.29 is 5.11 Å². The van der Waals surface area contributed by atoms with E-state index in [1.807, 2.05) is 5.38 Å². The Balaban J connectivity index is 2.44. The predicted molar refractivity (Wildman–Crippen MR) is 63.7 cm³/mol. The van der Waals surface area contributed by atoms with Gasteiger partial charge in [0.1, 0.15) is 4.83 Å². The second-order valence-electron chi connectivity index (χ2n) is 3.15. The SMILES string of the molecule is O=c1c2ccsc2ncn1CC(O)CBr. The minimum atomic E-state index is -0.569. The fraction of sp³-hybridized carbons (Fsp3) is 0.333. The van der Waals surface area contributed by atoms with E-state index < -0.39 is 6.10 Å². The third-order valence-corrected chi connectivity index (χ3v) is 3.60. The maximum absolute atomic E-state index is 11.8. The molecular formula is C9H9BrN2O2S. The highest BCUT2D eigenvalue weighted by Crippen LogP contribution is 2.13. The fourth-order valence-corrected chi connectivity index (χ4v) is 2.23. The first-order valence-corrected chi connectivity index (χ1v) is 6.39. The molecule has 15 heavy (non-hydrogen) atoms. The molecule has 0 bridgehead atoms. The Morgan fingerprint density at radius 1 is 1.67 bits per heavy atom. The third-order valence-electron chi connectivity index (χ3n) is 2.04. The Hall–Kier alpha value is -0.720. The van der Waals surface area contributed by atoms with E-state index in [1.54, 1.807) is 6.07 Å². The summed E-state index contributed by atoms with van der Waals surface area (Å²) >= 11 is 4.59. The summed E-state index contributed by atoms with van der Waals surface area (Å²) in [7, 11) is 0. The van der Waals surface area contributed by atoms with E-state index in [4.69, 9.17) is 0 Å². The summed E-state index contributed by atoms with van der Waals surface area (Å²) in [5, 5.41) is 12.3.